The lowest BCUT2D eigenvalue weighted by atomic mass is 10.1. The Morgan fingerprint density at radius 2 is 0.448 bits per heavy atom. The van der Waals surface area contributed by atoms with Crippen LogP contribution in [0.1, 0.15) is 0 Å². The standard InChI is InChI=1S/C50H46B2P4S2/c57-55(45-33-17-5-18-34-45,46-35-19-6-20-36-46)49-52-54(43-29-13-3-14-30-43,44-31-15-4-16-32-44)50(56(58,47-37-21-7-22-38-47)48-39-23-8-24-40-48)51-53(49,41-25-9-1-10-26-41)42-27-11-2-12-28-42/h1-40,49-50H,51-52H2/t49-,50-/m0/s1. The number of rotatable bonds is 10. The molecule has 58 heavy (non-hydrogen) atoms. The molecule has 0 nitrogen and oxygen atoms in total. The molecule has 2 atom stereocenters. The molecule has 0 aromatic heterocycles. The van der Waals surface area contributed by atoms with Crippen molar-refractivity contribution in [2.45, 2.75) is 10.6 Å². The minimum atomic E-state index is -2.52. The Hall–Kier alpha value is -3.95. The van der Waals surface area contributed by atoms with Crippen molar-refractivity contribution in [1.82, 2.24) is 0 Å². The van der Waals surface area contributed by atoms with E-state index in [2.05, 4.69) is 243 Å². The molecule has 1 heterocycles. The molecule has 0 unspecified atom stereocenters. The van der Waals surface area contributed by atoms with Crippen LogP contribution in [0.2, 0.25) is 0 Å². The third-order valence-corrected chi connectivity index (χ3v) is 43.9. The van der Waals surface area contributed by atoms with Gasteiger partial charge in [-0.1, -0.05) is 218 Å². The van der Waals surface area contributed by atoms with Crippen LogP contribution in [0, 0.1) is 0 Å². The van der Waals surface area contributed by atoms with Crippen molar-refractivity contribution in [3.63, 3.8) is 0 Å². The quantitative estimate of drug-likeness (QED) is 0.100. The lowest BCUT2D eigenvalue weighted by Gasteiger charge is -2.61. The molecule has 8 heteroatoms. The SMILES string of the molecule is S=P(c1ccccc1)(c1ccccc1)[C@H]1[BH2-][P+](c2ccccc2)(c2ccccc2)[C@@H](P(=S)(c2ccccc2)c2ccccc2)[BH2-][P+]1(c1ccccc1)c1ccccc1. The molecular weight excluding hydrogens is 810 g/mol. The zero-order chi connectivity index (χ0) is 39.5. The van der Waals surface area contributed by atoms with Crippen LogP contribution in [0.4, 0.5) is 0 Å². The van der Waals surface area contributed by atoms with Gasteiger partial charge in [-0.15, -0.1) is 14.3 Å². The molecule has 0 N–H and O–H groups in total. The topological polar surface area (TPSA) is 0 Å². The fourth-order valence-corrected chi connectivity index (χ4v) is 51.3. The first-order chi connectivity index (χ1) is 28.5. The molecule has 284 valence electrons. The van der Waals surface area contributed by atoms with Crippen LogP contribution < -0.4 is 42.4 Å². The van der Waals surface area contributed by atoms with Gasteiger partial charge in [0.05, 0.1) is 21.2 Å². The zero-order valence-electron chi connectivity index (χ0n) is 32.9. The molecular formula is C50H46B2P4S2. The summed E-state index contributed by atoms with van der Waals surface area (Å²) in [6.07, 6.45) is 0. The number of benzene rings is 8. The normalized spacial score (nSPS) is 17.6. The Kier molecular flexibility index (Phi) is 11.6. The van der Waals surface area contributed by atoms with Crippen molar-refractivity contribution in [1.29, 1.82) is 0 Å². The molecule has 0 radical (unpaired) electrons. The molecule has 1 saturated heterocycles. The lowest BCUT2D eigenvalue weighted by Crippen LogP contribution is -2.55. The average molecular weight is 857 g/mol. The smallest absolute Gasteiger partial charge is 0.109 e. The summed E-state index contributed by atoms with van der Waals surface area (Å²) in [5, 5.41) is 12.1. The Morgan fingerprint density at radius 1 is 0.276 bits per heavy atom. The van der Waals surface area contributed by atoms with E-state index in [-0.39, 0.29) is 0 Å². The van der Waals surface area contributed by atoms with Crippen molar-refractivity contribution in [3.8, 4) is 0 Å². The van der Waals surface area contributed by atoms with Gasteiger partial charge in [-0.2, -0.15) is 0 Å². The second-order valence-corrected chi connectivity index (χ2v) is 35.4. The third-order valence-electron chi connectivity index (χ3n) is 13.6. The fraction of sp³-hybridized carbons (Fsp3) is 0.0400. The summed E-state index contributed by atoms with van der Waals surface area (Å²) in [5.74, 6) is 0. The van der Waals surface area contributed by atoms with Crippen molar-refractivity contribution in [2.75, 3.05) is 0 Å². The minimum Gasteiger partial charge on any atom is -0.109 e. The summed E-state index contributed by atoms with van der Waals surface area (Å²) in [5.41, 5.74) is 0. The van der Waals surface area contributed by atoms with Gasteiger partial charge in [0.1, 0.15) is 0 Å². The molecule has 8 aromatic carbocycles. The van der Waals surface area contributed by atoms with Crippen LogP contribution in [-0.4, -0.2) is 24.6 Å². The summed E-state index contributed by atoms with van der Waals surface area (Å²) in [4.78, 5) is 0. The van der Waals surface area contributed by atoms with E-state index in [1.807, 2.05) is 0 Å². The van der Waals surface area contributed by atoms with E-state index in [1.165, 1.54) is 42.4 Å². The predicted octanol–water partition coefficient (Wildman–Crippen LogP) is 8.33. The number of hydrogen-bond acceptors (Lipinski definition) is 2. The molecule has 0 amide bonds. The highest BCUT2D eigenvalue weighted by atomic mass is 32.4. The fourth-order valence-electron chi connectivity index (χ4n) is 11.1. The van der Waals surface area contributed by atoms with Gasteiger partial charge in [0.15, 0.2) is 14.0 Å². The molecule has 0 bridgehead atoms. The Balaban J connectivity index is 1.50. The average Bonchev–Trinajstić information content (AvgIpc) is 3.33. The van der Waals surface area contributed by atoms with E-state index in [9.17, 15) is 0 Å². The molecule has 1 aliphatic rings. The second-order valence-electron chi connectivity index (χ2n) is 15.9. The highest BCUT2D eigenvalue weighted by Gasteiger charge is 2.64. The van der Waals surface area contributed by atoms with Crippen LogP contribution in [0.25, 0.3) is 0 Å². The summed E-state index contributed by atoms with van der Waals surface area (Å²) < 4.78 is 0. The van der Waals surface area contributed by atoms with Gasteiger partial charge in [-0.25, -0.2) is 0 Å². The maximum atomic E-state index is 7.72. The van der Waals surface area contributed by atoms with Gasteiger partial charge in [-0.3, -0.25) is 0 Å². The second kappa shape index (κ2) is 17.0. The summed E-state index contributed by atoms with van der Waals surface area (Å²) in [6.45, 7) is -1.94. The first-order valence-electron chi connectivity index (χ1n) is 20.5. The molecule has 0 spiro atoms. The van der Waals surface area contributed by atoms with Crippen LogP contribution in [0.5, 0.6) is 0 Å². The minimum absolute atomic E-state index is 0.324. The Labute approximate surface area is 357 Å². The van der Waals surface area contributed by atoms with E-state index in [0.29, 0.717) is 10.6 Å². The van der Waals surface area contributed by atoms with Crippen LogP contribution >= 0.6 is 26.4 Å². The van der Waals surface area contributed by atoms with Gasteiger partial charge in [0.25, 0.3) is 0 Å². The Bertz CT molecular complexity index is 2320. The molecule has 1 aliphatic heterocycles. The third kappa shape index (κ3) is 6.72. The highest BCUT2D eigenvalue weighted by molar-refractivity contribution is 8.40. The van der Waals surface area contributed by atoms with Crippen LogP contribution in [0.15, 0.2) is 243 Å². The summed E-state index contributed by atoms with van der Waals surface area (Å²) in [6, 6.07) is 87.5. The van der Waals surface area contributed by atoms with E-state index in [4.69, 9.17) is 23.6 Å². The van der Waals surface area contributed by atoms with Gasteiger partial charge >= 0.3 is 0 Å². The molecule has 0 saturated carbocycles. The molecule has 0 aliphatic carbocycles. The van der Waals surface area contributed by atoms with Crippen molar-refractivity contribution in [3.05, 3.63) is 243 Å². The zero-order valence-corrected chi connectivity index (χ0v) is 38.1. The maximum absolute atomic E-state index is 7.72. The summed E-state index contributed by atoms with van der Waals surface area (Å²) >= 11 is 15.4. The monoisotopic (exact) mass is 856 g/mol. The largest absolute Gasteiger partial charge is 0.190 e. The van der Waals surface area contributed by atoms with Gasteiger partial charge in [0.2, 0.25) is 0 Å². The first kappa shape index (κ1) is 39.5. The van der Waals surface area contributed by atoms with Crippen molar-refractivity contribution in [2.24, 2.45) is 0 Å². The van der Waals surface area contributed by atoms with E-state index in [1.54, 1.807) is 0 Å². The van der Waals surface area contributed by atoms with Crippen LogP contribution in [0.3, 0.4) is 0 Å². The maximum Gasteiger partial charge on any atom is 0.190 e. The van der Waals surface area contributed by atoms with Crippen molar-refractivity contribution < 1.29 is 0 Å². The predicted molar refractivity (Wildman–Crippen MR) is 276 cm³/mol. The van der Waals surface area contributed by atoms with Gasteiger partial charge in [0, 0.05) is 12.1 Å². The van der Waals surface area contributed by atoms with Gasteiger partial charge < -0.3 is 0 Å². The van der Waals surface area contributed by atoms with E-state index >= 15 is 0 Å². The first-order valence-corrected chi connectivity index (χ1v) is 30.9. The van der Waals surface area contributed by atoms with E-state index in [0.717, 1.165) is 0 Å². The Morgan fingerprint density at radius 3 is 0.638 bits per heavy atom. The number of hydrogen-bond donors (Lipinski definition) is 0. The molecule has 1 fully saturated rings. The van der Waals surface area contributed by atoms with Gasteiger partial charge in [-0.05, 0) is 80.3 Å². The van der Waals surface area contributed by atoms with Crippen molar-refractivity contribution >= 4 is 106 Å². The lowest BCUT2D eigenvalue weighted by molar-refractivity contribution is 1.66. The van der Waals surface area contributed by atoms with E-state index < -0.39 is 40.4 Å². The summed E-state index contributed by atoms with van der Waals surface area (Å²) in [7, 11) is -4.51. The molecule has 9 rings (SSSR count). The van der Waals surface area contributed by atoms with Crippen LogP contribution in [-0.2, 0) is 23.6 Å². The highest BCUT2D eigenvalue weighted by Crippen LogP contribution is 2.85. The molecule has 8 aromatic rings.